The van der Waals surface area contributed by atoms with Crippen molar-refractivity contribution in [3.05, 3.63) is 29.8 Å². The monoisotopic (exact) mass is 332 g/mol. The molecular formula is C19H28N2O3. The first-order valence-corrected chi connectivity index (χ1v) is 9.26. The summed E-state index contributed by atoms with van der Waals surface area (Å²) < 4.78 is 17.3. The van der Waals surface area contributed by atoms with Gasteiger partial charge in [0.1, 0.15) is 0 Å². The summed E-state index contributed by atoms with van der Waals surface area (Å²) in [5.41, 5.74) is 2.77. The number of hydrogen-bond donors (Lipinski definition) is 0. The Bertz CT molecular complexity index is 527. The van der Waals surface area contributed by atoms with E-state index >= 15 is 0 Å². The molecule has 0 spiro atoms. The highest BCUT2D eigenvalue weighted by Crippen LogP contribution is 2.25. The highest BCUT2D eigenvalue weighted by molar-refractivity contribution is 5.53. The van der Waals surface area contributed by atoms with Gasteiger partial charge in [0.05, 0.1) is 32.0 Å². The fourth-order valence-corrected chi connectivity index (χ4v) is 3.99. The van der Waals surface area contributed by atoms with Crippen LogP contribution in [0.5, 0.6) is 0 Å². The maximum Gasteiger partial charge on any atom is 0.0963 e. The Morgan fingerprint density at radius 3 is 2.58 bits per heavy atom. The molecule has 5 heteroatoms. The van der Waals surface area contributed by atoms with Crippen LogP contribution in [-0.4, -0.2) is 69.7 Å². The zero-order chi connectivity index (χ0) is 16.2. The first-order chi connectivity index (χ1) is 11.9. The van der Waals surface area contributed by atoms with Crippen molar-refractivity contribution in [2.75, 3.05) is 57.5 Å². The Kier molecular flexibility index (Phi) is 5.33. The zero-order valence-corrected chi connectivity index (χ0v) is 14.4. The van der Waals surface area contributed by atoms with Crippen molar-refractivity contribution in [1.29, 1.82) is 0 Å². The Morgan fingerprint density at radius 2 is 1.75 bits per heavy atom. The van der Waals surface area contributed by atoms with Crippen LogP contribution in [0.2, 0.25) is 0 Å². The predicted molar refractivity (Wildman–Crippen MR) is 93.5 cm³/mol. The van der Waals surface area contributed by atoms with Crippen LogP contribution in [0.15, 0.2) is 24.3 Å². The van der Waals surface area contributed by atoms with E-state index in [4.69, 9.17) is 14.2 Å². The summed E-state index contributed by atoms with van der Waals surface area (Å²) in [5.74, 6) is 0. The molecule has 0 radical (unpaired) electrons. The van der Waals surface area contributed by atoms with Gasteiger partial charge >= 0.3 is 0 Å². The van der Waals surface area contributed by atoms with Gasteiger partial charge in [-0.3, -0.25) is 4.90 Å². The molecule has 3 saturated heterocycles. The molecule has 0 N–H and O–H groups in total. The fraction of sp³-hybridized carbons (Fsp3) is 0.684. The zero-order valence-electron chi connectivity index (χ0n) is 14.4. The molecule has 132 valence electrons. The van der Waals surface area contributed by atoms with Gasteiger partial charge in [-0.1, -0.05) is 18.2 Å². The summed E-state index contributed by atoms with van der Waals surface area (Å²) in [7, 11) is 0. The second-order valence-corrected chi connectivity index (χ2v) is 6.92. The maximum absolute atomic E-state index is 5.98. The van der Waals surface area contributed by atoms with Crippen LogP contribution in [-0.2, 0) is 20.8 Å². The van der Waals surface area contributed by atoms with Gasteiger partial charge in [0.25, 0.3) is 0 Å². The van der Waals surface area contributed by atoms with Crippen LogP contribution in [0, 0.1) is 0 Å². The number of nitrogens with zero attached hydrogens (tertiary/aromatic N) is 2. The van der Waals surface area contributed by atoms with E-state index in [1.54, 1.807) is 0 Å². The van der Waals surface area contributed by atoms with Gasteiger partial charge in [-0.25, -0.2) is 0 Å². The van der Waals surface area contributed by atoms with Crippen molar-refractivity contribution in [1.82, 2.24) is 4.90 Å². The summed E-state index contributed by atoms with van der Waals surface area (Å²) in [6, 6.07) is 8.81. The Hall–Kier alpha value is -1.14. The van der Waals surface area contributed by atoms with Gasteiger partial charge < -0.3 is 19.1 Å². The molecule has 0 unspecified atom stereocenters. The number of rotatable bonds is 4. The molecule has 0 aliphatic carbocycles. The quantitative estimate of drug-likeness (QED) is 0.841. The average Bonchev–Trinajstić information content (AvgIpc) is 3.18. The third-order valence-corrected chi connectivity index (χ3v) is 5.29. The summed E-state index contributed by atoms with van der Waals surface area (Å²) in [6.07, 6.45) is 2.84. The van der Waals surface area contributed by atoms with Gasteiger partial charge in [0.15, 0.2) is 0 Å². The molecule has 1 aromatic rings. The van der Waals surface area contributed by atoms with Crippen LogP contribution >= 0.6 is 0 Å². The topological polar surface area (TPSA) is 34.2 Å². The van der Waals surface area contributed by atoms with E-state index in [-0.39, 0.29) is 6.10 Å². The minimum atomic E-state index is 0.233. The highest BCUT2D eigenvalue weighted by Gasteiger charge is 2.31. The number of benzene rings is 1. The van der Waals surface area contributed by atoms with E-state index in [9.17, 15) is 0 Å². The van der Waals surface area contributed by atoms with E-state index in [1.807, 2.05) is 0 Å². The SMILES string of the molecule is c1ccc(N2CCOCC2)c(CN2CCO[C@@H]([C@H]3CCCO3)C2)c1. The second kappa shape index (κ2) is 7.83. The highest BCUT2D eigenvalue weighted by atomic mass is 16.5. The number of hydrogen-bond acceptors (Lipinski definition) is 5. The van der Waals surface area contributed by atoms with E-state index in [1.165, 1.54) is 17.7 Å². The van der Waals surface area contributed by atoms with Crippen molar-refractivity contribution in [3.8, 4) is 0 Å². The molecule has 2 atom stereocenters. The van der Waals surface area contributed by atoms with Gasteiger partial charge in [0.2, 0.25) is 0 Å². The molecule has 24 heavy (non-hydrogen) atoms. The third kappa shape index (κ3) is 3.75. The smallest absolute Gasteiger partial charge is 0.0963 e. The van der Waals surface area contributed by atoms with Crippen molar-refractivity contribution in [2.45, 2.75) is 31.6 Å². The molecule has 1 aromatic carbocycles. The molecule has 3 heterocycles. The van der Waals surface area contributed by atoms with Crippen molar-refractivity contribution >= 4 is 5.69 Å². The number of morpholine rings is 2. The standard InChI is InChI=1S/C19H28N2O3/c1-2-5-17(21-8-11-22-12-9-21)16(4-1)14-20-7-13-24-19(15-20)18-6-3-10-23-18/h1-2,4-5,18-19H,3,6-15H2/t18-,19-/m1/s1. The molecule has 5 nitrogen and oxygen atoms in total. The van der Waals surface area contributed by atoms with Crippen molar-refractivity contribution in [2.24, 2.45) is 0 Å². The molecule has 0 bridgehead atoms. The second-order valence-electron chi connectivity index (χ2n) is 6.92. The predicted octanol–water partition coefficient (Wildman–Crippen LogP) is 1.90. The molecule has 3 aliphatic heterocycles. The van der Waals surface area contributed by atoms with Crippen LogP contribution in [0.4, 0.5) is 5.69 Å². The first kappa shape index (κ1) is 16.3. The van der Waals surface area contributed by atoms with Crippen LogP contribution < -0.4 is 4.90 Å². The summed E-state index contributed by atoms with van der Waals surface area (Å²) in [4.78, 5) is 4.98. The lowest BCUT2D eigenvalue weighted by Crippen LogP contribution is -2.47. The fourth-order valence-electron chi connectivity index (χ4n) is 3.99. The third-order valence-electron chi connectivity index (χ3n) is 5.29. The molecule has 4 rings (SSSR count). The minimum absolute atomic E-state index is 0.233. The molecular weight excluding hydrogens is 304 g/mol. The van der Waals surface area contributed by atoms with E-state index in [0.717, 1.165) is 65.6 Å². The van der Waals surface area contributed by atoms with Crippen LogP contribution in [0.1, 0.15) is 18.4 Å². The number of anilines is 1. The summed E-state index contributed by atoms with van der Waals surface area (Å²) in [6.45, 7) is 8.29. The molecule has 3 aliphatic rings. The minimum Gasteiger partial charge on any atom is -0.378 e. The maximum atomic E-state index is 5.98. The van der Waals surface area contributed by atoms with Crippen molar-refractivity contribution in [3.63, 3.8) is 0 Å². The molecule has 3 fully saturated rings. The van der Waals surface area contributed by atoms with Gasteiger partial charge in [-0.15, -0.1) is 0 Å². The van der Waals surface area contributed by atoms with Gasteiger partial charge in [-0.2, -0.15) is 0 Å². The Morgan fingerprint density at radius 1 is 0.917 bits per heavy atom. The van der Waals surface area contributed by atoms with E-state index < -0.39 is 0 Å². The summed E-state index contributed by atoms with van der Waals surface area (Å²) >= 11 is 0. The van der Waals surface area contributed by atoms with Crippen LogP contribution in [0.25, 0.3) is 0 Å². The molecule has 0 saturated carbocycles. The number of para-hydroxylation sites is 1. The molecule has 0 amide bonds. The Balaban J connectivity index is 1.42. The van der Waals surface area contributed by atoms with Gasteiger partial charge in [0, 0.05) is 45.0 Å². The van der Waals surface area contributed by atoms with Crippen molar-refractivity contribution < 1.29 is 14.2 Å². The Labute approximate surface area is 144 Å². The lowest BCUT2D eigenvalue weighted by atomic mass is 10.1. The lowest BCUT2D eigenvalue weighted by molar-refractivity contribution is -0.0959. The summed E-state index contributed by atoms with van der Waals surface area (Å²) in [5, 5.41) is 0. The average molecular weight is 332 g/mol. The normalized spacial score (nSPS) is 29.1. The first-order valence-electron chi connectivity index (χ1n) is 9.26. The lowest BCUT2D eigenvalue weighted by Gasteiger charge is -2.36. The van der Waals surface area contributed by atoms with E-state index in [0.29, 0.717) is 6.10 Å². The van der Waals surface area contributed by atoms with Gasteiger partial charge in [-0.05, 0) is 24.5 Å². The number of ether oxygens (including phenoxy) is 3. The van der Waals surface area contributed by atoms with E-state index in [2.05, 4.69) is 34.1 Å². The molecule has 0 aromatic heterocycles. The van der Waals surface area contributed by atoms with Crippen LogP contribution in [0.3, 0.4) is 0 Å². The largest absolute Gasteiger partial charge is 0.378 e.